The highest BCUT2D eigenvalue weighted by Gasteiger charge is 2.57. The molecule has 39 heavy (non-hydrogen) atoms. The smallest absolute Gasteiger partial charge is 0.233 e. The van der Waals surface area contributed by atoms with Crippen LogP contribution in [0.25, 0.3) is 0 Å². The van der Waals surface area contributed by atoms with E-state index in [4.69, 9.17) is 4.74 Å². The predicted molar refractivity (Wildman–Crippen MR) is 150 cm³/mol. The summed E-state index contributed by atoms with van der Waals surface area (Å²) >= 11 is 7.04. The minimum atomic E-state index is -0.633. The standard InChI is InChI=1S/C30H29Br2NO6/c1-13-10-20(34)18-11-17-15(8-9-16-23(17)30(38)33(29(16)37)14-6-4-3-5-7-14)22(24(18)27(13)35)19-12-21(39-2)28(36)26(32)25(19)31/h8,10,12,14,16-17,22-23,36H,3-7,9,11H2,1-2H3/t16-,17+,22+,23-/m0/s1. The number of likely N-dealkylation sites (tertiary alicyclic amines) is 1. The number of hydrogen-bond donors (Lipinski definition) is 1. The SMILES string of the molecule is COc1cc([C@H]2C3=CC[C@@H]4C(=O)N(C5CCCCC5)C(=O)[C@@H]4[C@@H]3CC3=C2C(=O)C(C)=CC3=O)c(Br)c(Br)c1O. The summed E-state index contributed by atoms with van der Waals surface area (Å²) < 4.78 is 6.33. The number of nitrogens with zero attached hydrogens (tertiary/aromatic N) is 1. The second-order valence-electron chi connectivity index (χ2n) is 11.2. The number of amides is 2. The Morgan fingerprint density at radius 1 is 1.00 bits per heavy atom. The molecule has 1 heterocycles. The average molecular weight is 659 g/mol. The number of allylic oxidation sites excluding steroid dienone is 6. The molecule has 7 nitrogen and oxygen atoms in total. The van der Waals surface area contributed by atoms with E-state index in [1.54, 1.807) is 13.0 Å². The number of ketones is 2. The summed E-state index contributed by atoms with van der Waals surface area (Å²) in [4.78, 5) is 56.2. The molecule has 6 rings (SSSR count). The number of halogens is 2. The largest absolute Gasteiger partial charge is 0.503 e. The van der Waals surface area contributed by atoms with Crippen LogP contribution in [0.5, 0.6) is 11.5 Å². The molecule has 204 valence electrons. The Balaban J connectivity index is 1.51. The zero-order valence-corrected chi connectivity index (χ0v) is 24.9. The van der Waals surface area contributed by atoms with Crippen molar-refractivity contribution >= 4 is 55.2 Å². The van der Waals surface area contributed by atoms with Gasteiger partial charge in [-0.2, -0.15) is 0 Å². The maximum Gasteiger partial charge on any atom is 0.233 e. The van der Waals surface area contributed by atoms with Gasteiger partial charge >= 0.3 is 0 Å². The van der Waals surface area contributed by atoms with E-state index in [-0.39, 0.29) is 53.3 Å². The van der Waals surface area contributed by atoms with Crippen molar-refractivity contribution in [1.29, 1.82) is 0 Å². The fourth-order valence-electron chi connectivity index (χ4n) is 7.42. The fraction of sp³-hybridized carbons (Fsp3) is 0.467. The molecule has 5 aliphatic rings. The molecule has 1 aromatic carbocycles. The lowest BCUT2D eigenvalue weighted by Crippen LogP contribution is -2.43. The van der Waals surface area contributed by atoms with Crippen LogP contribution in [0.4, 0.5) is 0 Å². The van der Waals surface area contributed by atoms with Gasteiger partial charge in [0.25, 0.3) is 0 Å². The molecule has 0 unspecified atom stereocenters. The van der Waals surface area contributed by atoms with E-state index >= 15 is 0 Å². The van der Waals surface area contributed by atoms with Crippen molar-refractivity contribution in [2.75, 3.05) is 7.11 Å². The Labute approximate surface area is 243 Å². The molecule has 4 atom stereocenters. The molecular formula is C30H29Br2NO6. The summed E-state index contributed by atoms with van der Waals surface area (Å²) in [5.74, 6) is -2.57. The van der Waals surface area contributed by atoms with Crippen LogP contribution in [0.1, 0.15) is 63.4 Å². The first-order valence-electron chi connectivity index (χ1n) is 13.5. The van der Waals surface area contributed by atoms with Crippen LogP contribution in [-0.2, 0) is 19.2 Å². The molecule has 1 saturated heterocycles. The van der Waals surface area contributed by atoms with Gasteiger partial charge in [0.15, 0.2) is 23.1 Å². The van der Waals surface area contributed by atoms with Gasteiger partial charge in [-0.25, -0.2) is 0 Å². The first-order chi connectivity index (χ1) is 18.6. The predicted octanol–water partition coefficient (Wildman–Crippen LogP) is 5.69. The molecule has 1 aromatic rings. The van der Waals surface area contributed by atoms with Crippen LogP contribution >= 0.6 is 31.9 Å². The van der Waals surface area contributed by atoms with Crippen LogP contribution in [0, 0.1) is 17.8 Å². The molecule has 1 N–H and O–H groups in total. The Hall–Kier alpha value is -2.52. The number of fused-ring (bicyclic) bond motifs is 3. The third kappa shape index (κ3) is 3.94. The van der Waals surface area contributed by atoms with E-state index in [2.05, 4.69) is 31.9 Å². The third-order valence-corrected chi connectivity index (χ3v) is 11.4. The number of carbonyl (C=O) groups excluding carboxylic acids is 4. The molecular weight excluding hydrogens is 630 g/mol. The number of rotatable bonds is 3. The van der Waals surface area contributed by atoms with E-state index in [0.29, 0.717) is 37.6 Å². The van der Waals surface area contributed by atoms with Crippen LogP contribution in [0.2, 0.25) is 0 Å². The van der Waals surface area contributed by atoms with Crippen LogP contribution in [0.3, 0.4) is 0 Å². The lowest BCUT2D eigenvalue weighted by molar-refractivity contribution is -0.143. The first-order valence-corrected chi connectivity index (χ1v) is 15.1. The maximum absolute atomic E-state index is 14.0. The number of Topliss-reactive ketones (excluding diaryl/α,β-unsaturated/α-hetero) is 1. The molecule has 0 aromatic heterocycles. The molecule has 4 aliphatic carbocycles. The van der Waals surface area contributed by atoms with Crippen molar-refractivity contribution in [3.8, 4) is 11.5 Å². The van der Waals surface area contributed by atoms with Gasteiger partial charge < -0.3 is 9.84 Å². The van der Waals surface area contributed by atoms with Gasteiger partial charge in [-0.1, -0.05) is 30.9 Å². The van der Waals surface area contributed by atoms with Gasteiger partial charge in [0.1, 0.15) is 0 Å². The molecule has 9 heteroatoms. The summed E-state index contributed by atoms with van der Waals surface area (Å²) in [7, 11) is 1.45. The van der Waals surface area contributed by atoms with Gasteiger partial charge in [-0.3, -0.25) is 24.1 Å². The van der Waals surface area contributed by atoms with Crippen molar-refractivity contribution in [2.24, 2.45) is 17.8 Å². The Morgan fingerprint density at radius 3 is 2.41 bits per heavy atom. The number of aromatic hydroxyl groups is 1. The second-order valence-corrected chi connectivity index (χ2v) is 12.8. The number of phenolic OH excluding ortho intramolecular Hbond substituents is 1. The number of imide groups is 1. The minimum absolute atomic E-state index is 0.0584. The molecule has 1 aliphatic heterocycles. The highest BCUT2D eigenvalue weighted by atomic mass is 79.9. The van der Waals surface area contributed by atoms with Gasteiger partial charge in [-0.15, -0.1) is 0 Å². The first kappa shape index (κ1) is 26.7. The maximum atomic E-state index is 14.0. The number of carbonyl (C=O) groups is 4. The quantitative estimate of drug-likeness (QED) is 0.255. The van der Waals surface area contributed by atoms with Crippen LogP contribution in [0.15, 0.2) is 49.5 Å². The second kappa shape index (κ2) is 9.84. The van der Waals surface area contributed by atoms with Crippen molar-refractivity contribution in [2.45, 2.75) is 63.8 Å². The number of phenols is 1. The van der Waals surface area contributed by atoms with Gasteiger partial charge in [0, 0.05) is 33.2 Å². The van der Waals surface area contributed by atoms with Crippen molar-refractivity contribution in [3.63, 3.8) is 0 Å². The van der Waals surface area contributed by atoms with E-state index in [1.165, 1.54) is 18.1 Å². The summed E-state index contributed by atoms with van der Waals surface area (Å²) in [6.45, 7) is 1.64. The Bertz CT molecular complexity index is 1430. The number of methoxy groups -OCH3 is 1. The zero-order valence-electron chi connectivity index (χ0n) is 21.8. The molecule has 2 fully saturated rings. The monoisotopic (exact) mass is 657 g/mol. The van der Waals surface area contributed by atoms with E-state index in [1.807, 2.05) is 6.08 Å². The number of ether oxygens (including phenoxy) is 1. The average Bonchev–Trinajstić information content (AvgIpc) is 3.20. The van der Waals surface area contributed by atoms with Crippen LogP contribution < -0.4 is 4.74 Å². The minimum Gasteiger partial charge on any atom is -0.503 e. The number of hydrogen-bond acceptors (Lipinski definition) is 6. The Morgan fingerprint density at radius 2 is 1.72 bits per heavy atom. The fourth-order valence-corrected chi connectivity index (χ4v) is 8.37. The lowest BCUT2D eigenvalue weighted by atomic mass is 9.59. The highest BCUT2D eigenvalue weighted by molar-refractivity contribution is 9.13. The molecule has 1 saturated carbocycles. The molecule has 0 spiro atoms. The topological polar surface area (TPSA) is 101 Å². The van der Waals surface area contributed by atoms with Crippen molar-refractivity contribution < 1.29 is 29.0 Å². The van der Waals surface area contributed by atoms with Gasteiger partial charge in [0.05, 0.1) is 23.4 Å². The zero-order chi connectivity index (χ0) is 27.7. The summed E-state index contributed by atoms with van der Waals surface area (Å²) in [6, 6.07) is 1.62. The summed E-state index contributed by atoms with van der Waals surface area (Å²) in [6.07, 6.45) is 8.87. The summed E-state index contributed by atoms with van der Waals surface area (Å²) in [5, 5.41) is 10.6. The molecule has 2 amide bonds. The van der Waals surface area contributed by atoms with Gasteiger partial charge in [0.2, 0.25) is 11.8 Å². The normalized spacial score (nSPS) is 29.2. The molecule has 0 bridgehead atoms. The van der Waals surface area contributed by atoms with Crippen LogP contribution in [-0.4, -0.2) is 46.5 Å². The van der Waals surface area contributed by atoms with E-state index in [0.717, 1.165) is 37.7 Å². The van der Waals surface area contributed by atoms with Crippen molar-refractivity contribution in [1.82, 2.24) is 4.90 Å². The van der Waals surface area contributed by atoms with Gasteiger partial charge in [-0.05, 0) is 88.1 Å². The van der Waals surface area contributed by atoms with E-state index < -0.39 is 17.8 Å². The number of benzene rings is 1. The third-order valence-electron chi connectivity index (χ3n) is 9.24. The Kier molecular flexibility index (Phi) is 6.73. The highest BCUT2D eigenvalue weighted by Crippen LogP contribution is 2.58. The molecule has 0 radical (unpaired) electrons. The van der Waals surface area contributed by atoms with E-state index in [9.17, 15) is 24.3 Å². The summed E-state index contributed by atoms with van der Waals surface area (Å²) in [5.41, 5.74) is 2.70. The lowest BCUT2D eigenvalue weighted by Gasteiger charge is -2.42. The van der Waals surface area contributed by atoms with Crippen molar-refractivity contribution in [3.05, 3.63) is 55.0 Å².